The summed E-state index contributed by atoms with van der Waals surface area (Å²) in [4.78, 5) is 12.5. The van der Waals surface area contributed by atoms with E-state index in [4.69, 9.17) is 9.47 Å². The monoisotopic (exact) mass is 311 g/mol. The van der Waals surface area contributed by atoms with Gasteiger partial charge < -0.3 is 14.8 Å². The Hall–Kier alpha value is -2.49. The molecular formula is C19H21NO3. The molecule has 4 nitrogen and oxygen atoms in total. The van der Waals surface area contributed by atoms with E-state index in [9.17, 15) is 4.79 Å². The van der Waals surface area contributed by atoms with Gasteiger partial charge in [0.25, 0.3) is 5.91 Å². The van der Waals surface area contributed by atoms with Crippen LogP contribution in [0.4, 0.5) is 0 Å². The van der Waals surface area contributed by atoms with Crippen LogP contribution in [0.5, 0.6) is 11.5 Å². The quantitative estimate of drug-likeness (QED) is 0.941. The van der Waals surface area contributed by atoms with Crippen LogP contribution in [0.25, 0.3) is 0 Å². The molecule has 23 heavy (non-hydrogen) atoms. The highest BCUT2D eigenvalue weighted by molar-refractivity contribution is 5.95. The molecule has 0 heterocycles. The third-order valence-electron chi connectivity index (χ3n) is 4.39. The Labute approximate surface area is 136 Å². The van der Waals surface area contributed by atoms with Gasteiger partial charge in [-0.25, -0.2) is 0 Å². The molecule has 0 aliphatic heterocycles. The van der Waals surface area contributed by atoms with E-state index >= 15 is 0 Å². The van der Waals surface area contributed by atoms with Crippen molar-refractivity contribution in [3.63, 3.8) is 0 Å². The van der Waals surface area contributed by atoms with Crippen LogP contribution in [0.3, 0.4) is 0 Å². The average Bonchev–Trinajstić information content (AvgIpc) is 2.96. The molecule has 0 saturated heterocycles. The lowest BCUT2D eigenvalue weighted by Crippen LogP contribution is -2.27. The highest BCUT2D eigenvalue weighted by Crippen LogP contribution is 2.33. The first-order valence-electron chi connectivity index (χ1n) is 7.74. The molecule has 1 aliphatic carbocycles. The van der Waals surface area contributed by atoms with E-state index in [0.717, 1.165) is 29.9 Å². The summed E-state index contributed by atoms with van der Waals surface area (Å²) >= 11 is 0. The first-order chi connectivity index (χ1) is 11.1. The van der Waals surface area contributed by atoms with Gasteiger partial charge in [-0.1, -0.05) is 6.07 Å². The summed E-state index contributed by atoms with van der Waals surface area (Å²) in [5, 5.41) is 3.13. The van der Waals surface area contributed by atoms with Crippen LogP contribution in [0.2, 0.25) is 0 Å². The van der Waals surface area contributed by atoms with Crippen molar-refractivity contribution >= 4 is 5.91 Å². The molecular weight excluding hydrogens is 290 g/mol. The third-order valence-corrected chi connectivity index (χ3v) is 4.39. The lowest BCUT2D eigenvalue weighted by molar-refractivity contribution is 0.0936. The fraction of sp³-hybridized carbons (Fsp3) is 0.316. The minimum Gasteiger partial charge on any atom is -0.497 e. The second-order valence-electron chi connectivity index (χ2n) is 5.81. The number of carbonyl (C=O) groups excluding carboxylic acids is 1. The van der Waals surface area contributed by atoms with Gasteiger partial charge in [0.05, 0.1) is 20.3 Å². The molecule has 0 aromatic heterocycles. The summed E-state index contributed by atoms with van der Waals surface area (Å²) < 4.78 is 10.5. The molecule has 1 aliphatic rings. The Morgan fingerprint density at radius 2 is 1.96 bits per heavy atom. The van der Waals surface area contributed by atoms with Crippen LogP contribution in [0, 0.1) is 6.92 Å². The number of ether oxygens (including phenoxy) is 2. The number of carbonyl (C=O) groups is 1. The summed E-state index contributed by atoms with van der Waals surface area (Å²) in [5.41, 5.74) is 4.05. The maximum absolute atomic E-state index is 12.5. The highest BCUT2D eigenvalue weighted by Gasteiger charge is 2.24. The predicted octanol–water partition coefficient (Wildman–Crippen LogP) is 3.43. The second kappa shape index (κ2) is 6.32. The van der Waals surface area contributed by atoms with Crippen LogP contribution < -0.4 is 14.8 Å². The highest BCUT2D eigenvalue weighted by atomic mass is 16.5. The zero-order valence-corrected chi connectivity index (χ0v) is 13.7. The Morgan fingerprint density at radius 3 is 2.65 bits per heavy atom. The maximum atomic E-state index is 12.5. The van der Waals surface area contributed by atoms with E-state index in [1.807, 2.05) is 31.2 Å². The fourth-order valence-corrected chi connectivity index (χ4v) is 3.13. The largest absolute Gasteiger partial charge is 0.497 e. The lowest BCUT2D eigenvalue weighted by atomic mass is 10.1. The van der Waals surface area contributed by atoms with Gasteiger partial charge in [0, 0.05) is 5.56 Å². The normalized spacial score (nSPS) is 15.9. The smallest absolute Gasteiger partial charge is 0.251 e. The van der Waals surface area contributed by atoms with Crippen molar-refractivity contribution in [1.82, 2.24) is 5.32 Å². The SMILES string of the molecule is COc1ccc2c(c1)CC[C@@H]2NC(=O)c1ccc(OC)c(C)c1. The standard InChI is InChI=1S/C19H21NO3/c1-12-10-14(5-9-18(12)23-3)19(21)20-17-8-4-13-11-15(22-2)6-7-16(13)17/h5-7,9-11,17H,4,8H2,1-3H3,(H,20,21)/t17-/m0/s1. The summed E-state index contributed by atoms with van der Waals surface area (Å²) in [7, 11) is 3.30. The molecule has 1 N–H and O–H groups in total. The van der Waals surface area contributed by atoms with Crippen molar-refractivity contribution in [3.8, 4) is 11.5 Å². The molecule has 4 heteroatoms. The lowest BCUT2D eigenvalue weighted by Gasteiger charge is -2.15. The number of amides is 1. The number of benzene rings is 2. The van der Waals surface area contributed by atoms with Crippen molar-refractivity contribution in [3.05, 3.63) is 58.7 Å². The third kappa shape index (κ3) is 3.02. The fourth-order valence-electron chi connectivity index (χ4n) is 3.13. The number of rotatable bonds is 4. The predicted molar refractivity (Wildman–Crippen MR) is 89.3 cm³/mol. The van der Waals surface area contributed by atoms with Crippen molar-refractivity contribution in [2.24, 2.45) is 0 Å². The molecule has 3 rings (SSSR count). The van der Waals surface area contributed by atoms with E-state index in [1.54, 1.807) is 20.3 Å². The van der Waals surface area contributed by atoms with Gasteiger partial charge in [-0.05, 0) is 66.8 Å². The van der Waals surface area contributed by atoms with Gasteiger partial charge in [0.15, 0.2) is 0 Å². The number of fused-ring (bicyclic) bond motifs is 1. The van der Waals surface area contributed by atoms with Gasteiger partial charge in [0.1, 0.15) is 11.5 Å². The Kier molecular flexibility index (Phi) is 4.24. The van der Waals surface area contributed by atoms with E-state index < -0.39 is 0 Å². The summed E-state index contributed by atoms with van der Waals surface area (Å²) in [6.45, 7) is 1.94. The van der Waals surface area contributed by atoms with Crippen LogP contribution in [-0.4, -0.2) is 20.1 Å². The summed E-state index contributed by atoms with van der Waals surface area (Å²) in [6.07, 6.45) is 1.88. The molecule has 2 aromatic carbocycles. The molecule has 1 amide bonds. The van der Waals surface area contributed by atoms with Crippen LogP contribution >= 0.6 is 0 Å². The van der Waals surface area contributed by atoms with E-state index in [0.29, 0.717) is 5.56 Å². The van der Waals surface area contributed by atoms with Crippen LogP contribution in [0.15, 0.2) is 36.4 Å². The van der Waals surface area contributed by atoms with Crippen molar-refractivity contribution in [2.45, 2.75) is 25.8 Å². The van der Waals surface area contributed by atoms with E-state index in [-0.39, 0.29) is 11.9 Å². The van der Waals surface area contributed by atoms with Crippen molar-refractivity contribution < 1.29 is 14.3 Å². The van der Waals surface area contributed by atoms with Crippen molar-refractivity contribution in [1.29, 1.82) is 0 Å². The Balaban J connectivity index is 1.76. The molecule has 0 saturated carbocycles. The van der Waals surface area contributed by atoms with E-state index in [1.165, 1.54) is 11.1 Å². The van der Waals surface area contributed by atoms with Gasteiger partial charge in [-0.3, -0.25) is 4.79 Å². The molecule has 0 spiro atoms. The zero-order chi connectivity index (χ0) is 16.4. The van der Waals surface area contributed by atoms with Gasteiger partial charge >= 0.3 is 0 Å². The number of methoxy groups -OCH3 is 2. The minimum atomic E-state index is -0.0515. The topological polar surface area (TPSA) is 47.6 Å². The Bertz CT molecular complexity index is 739. The minimum absolute atomic E-state index is 0.0515. The molecule has 0 radical (unpaired) electrons. The molecule has 2 aromatic rings. The molecule has 0 bridgehead atoms. The summed E-state index contributed by atoms with van der Waals surface area (Å²) in [6, 6.07) is 11.6. The first kappa shape index (κ1) is 15.4. The van der Waals surface area contributed by atoms with Gasteiger partial charge in [0.2, 0.25) is 0 Å². The van der Waals surface area contributed by atoms with E-state index in [2.05, 4.69) is 11.4 Å². The zero-order valence-electron chi connectivity index (χ0n) is 13.7. The van der Waals surface area contributed by atoms with Crippen LogP contribution in [0.1, 0.15) is 39.5 Å². The van der Waals surface area contributed by atoms with Gasteiger partial charge in [-0.2, -0.15) is 0 Å². The number of hydrogen-bond acceptors (Lipinski definition) is 3. The van der Waals surface area contributed by atoms with Gasteiger partial charge in [-0.15, -0.1) is 0 Å². The molecule has 1 atom stereocenters. The average molecular weight is 311 g/mol. The summed E-state index contributed by atoms with van der Waals surface area (Å²) in [5.74, 6) is 1.60. The number of aryl methyl sites for hydroxylation is 2. The first-order valence-corrected chi connectivity index (χ1v) is 7.74. The number of hydrogen-bond donors (Lipinski definition) is 1. The molecule has 0 unspecified atom stereocenters. The van der Waals surface area contributed by atoms with Crippen LogP contribution in [-0.2, 0) is 6.42 Å². The number of nitrogens with one attached hydrogen (secondary N) is 1. The Morgan fingerprint density at radius 1 is 1.13 bits per heavy atom. The molecule has 120 valence electrons. The maximum Gasteiger partial charge on any atom is 0.251 e. The second-order valence-corrected chi connectivity index (χ2v) is 5.81. The van der Waals surface area contributed by atoms with Crippen molar-refractivity contribution in [2.75, 3.05) is 14.2 Å². The molecule has 0 fully saturated rings.